The van der Waals surface area contributed by atoms with Crippen molar-refractivity contribution in [2.75, 3.05) is 17.7 Å². The Hall–Kier alpha value is -2.82. The van der Waals surface area contributed by atoms with Gasteiger partial charge in [-0.15, -0.1) is 28.1 Å². The van der Waals surface area contributed by atoms with E-state index in [2.05, 4.69) is 22.1 Å². The van der Waals surface area contributed by atoms with E-state index in [4.69, 9.17) is 21.1 Å². The van der Waals surface area contributed by atoms with Gasteiger partial charge in [-0.1, -0.05) is 48.5 Å². The third-order valence-electron chi connectivity index (χ3n) is 4.51. The van der Waals surface area contributed by atoms with Gasteiger partial charge in [0.2, 0.25) is 5.91 Å². The molecule has 0 bridgehead atoms. The summed E-state index contributed by atoms with van der Waals surface area (Å²) >= 11 is 8.75. The van der Waals surface area contributed by atoms with Crippen LogP contribution in [0.3, 0.4) is 0 Å². The van der Waals surface area contributed by atoms with Crippen molar-refractivity contribution in [3.63, 3.8) is 0 Å². The number of rotatable bonds is 12. The Morgan fingerprint density at radius 2 is 2.09 bits per heavy atom. The molecular formula is C23H25ClN4O4S2. The molecule has 0 atom stereocenters. The number of anilines is 1. The lowest BCUT2D eigenvalue weighted by Gasteiger charge is -2.10. The molecule has 0 saturated carbocycles. The van der Waals surface area contributed by atoms with Crippen molar-refractivity contribution < 1.29 is 19.1 Å². The molecule has 1 aromatic carbocycles. The molecule has 3 rings (SSSR count). The zero-order valence-electron chi connectivity index (χ0n) is 18.9. The summed E-state index contributed by atoms with van der Waals surface area (Å²) in [6, 6.07) is 8.94. The molecule has 34 heavy (non-hydrogen) atoms. The van der Waals surface area contributed by atoms with Gasteiger partial charge in [0.05, 0.1) is 22.9 Å². The maximum Gasteiger partial charge on any atom is 0.341 e. The molecule has 0 radical (unpaired) electrons. The smallest absolute Gasteiger partial charge is 0.341 e. The number of esters is 1. The van der Waals surface area contributed by atoms with Crippen LogP contribution in [0.15, 0.2) is 48.1 Å². The van der Waals surface area contributed by atoms with Crippen LogP contribution < -0.4 is 10.1 Å². The normalized spacial score (nSPS) is 10.7. The van der Waals surface area contributed by atoms with Crippen LogP contribution in [0.4, 0.5) is 5.00 Å². The van der Waals surface area contributed by atoms with Gasteiger partial charge in [0.1, 0.15) is 17.4 Å². The van der Waals surface area contributed by atoms with Crippen LogP contribution in [0.5, 0.6) is 5.75 Å². The number of thioether (sulfide) groups is 1. The maximum absolute atomic E-state index is 12.6. The number of ether oxygens (including phenoxy) is 2. The molecule has 2 aromatic heterocycles. The van der Waals surface area contributed by atoms with E-state index in [9.17, 15) is 9.59 Å². The Balaban J connectivity index is 1.65. The topological polar surface area (TPSA) is 95.3 Å². The van der Waals surface area contributed by atoms with Gasteiger partial charge < -0.3 is 14.8 Å². The number of benzene rings is 1. The van der Waals surface area contributed by atoms with Crippen molar-refractivity contribution in [1.82, 2.24) is 14.8 Å². The van der Waals surface area contributed by atoms with Crippen LogP contribution in [0.25, 0.3) is 0 Å². The average molecular weight is 521 g/mol. The SMILES string of the molecule is C=CCn1c(COc2ccccc2Cl)nnc1SCC(=O)Nc1sc(CC)cc1C(=O)OCC. The molecule has 0 saturated heterocycles. The molecule has 0 aliphatic heterocycles. The minimum Gasteiger partial charge on any atom is -0.484 e. The van der Waals surface area contributed by atoms with Crippen molar-refractivity contribution in [3.8, 4) is 5.75 Å². The molecule has 8 nitrogen and oxygen atoms in total. The number of hydrogen-bond donors (Lipinski definition) is 1. The number of amides is 1. The third kappa shape index (κ3) is 6.62. The summed E-state index contributed by atoms with van der Waals surface area (Å²) in [4.78, 5) is 25.9. The van der Waals surface area contributed by atoms with Crippen molar-refractivity contribution in [2.45, 2.75) is 38.6 Å². The highest BCUT2D eigenvalue weighted by Gasteiger charge is 2.20. The van der Waals surface area contributed by atoms with Crippen LogP contribution in [-0.4, -0.2) is 39.0 Å². The van der Waals surface area contributed by atoms with Crippen LogP contribution in [0.1, 0.15) is 34.9 Å². The summed E-state index contributed by atoms with van der Waals surface area (Å²) < 4.78 is 12.7. The summed E-state index contributed by atoms with van der Waals surface area (Å²) in [5, 5.41) is 12.8. The monoisotopic (exact) mass is 520 g/mol. The lowest BCUT2D eigenvalue weighted by Crippen LogP contribution is -2.16. The molecule has 3 aromatic rings. The van der Waals surface area contributed by atoms with Crippen molar-refractivity contribution in [2.24, 2.45) is 0 Å². The Bertz CT molecular complexity index is 1160. The van der Waals surface area contributed by atoms with Gasteiger partial charge in [-0.05, 0) is 31.5 Å². The number of carbonyl (C=O) groups is 2. The summed E-state index contributed by atoms with van der Waals surface area (Å²) in [6.45, 7) is 8.40. The molecule has 0 unspecified atom stereocenters. The molecule has 0 spiro atoms. The van der Waals surface area contributed by atoms with Gasteiger partial charge >= 0.3 is 5.97 Å². The average Bonchev–Trinajstić information content (AvgIpc) is 3.41. The van der Waals surface area contributed by atoms with Crippen molar-refractivity contribution in [3.05, 3.63) is 64.3 Å². The first-order valence-corrected chi connectivity index (χ1v) is 12.8. The van der Waals surface area contributed by atoms with Crippen molar-refractivity contribution in [1.29, 1.82) is 0 Å². The van der Waals surface area contributed by atoms with E-state index in [-0.39, 0.29) is 24.9 Å². The summed E-state index contributed by atoms with van der Waals surface area (Å²) in [5.41, 5.74) is 0.371. The van der Waals surface area contributed by atoms with Gasteiger partial charge in [-0.2, -0.15) is 0 Å². The van der Waals surface area contributed by atoms with E-state index in [0.29, 0.717) is 38.9 Å². The first kappa shape index (κ1) is 25.8. The first-order chi connectivity index (χ1) is 16.5. The predicted octanol–water partition coefficient (Wildman–Crippen LogP) is 5.23. The van der Waals surface area contributed by atoms with Crippen LogP contribution in [0.2, 0.25) is 5.02 Å². The molecule has 0 aliphatic carbocycles. The number of hydrogen-bond acceptors (Lipinski definition) is 8. The highest BCUT2D eigenvalue weighted by Crippen LogP contribution is 2.30. The second-order valence-electron chi connectivity index (χ2n) is 6.88. The number of nitrogens with one attached hydrogen (secondary N) is 1. The maximum atomic E-state index is 12.6. The van der Waals surface area contributed by atoms with Crippen LogP contribution in [0, 0.1) is 0 Å². The molecular weight excluding hydrogens is 496 g/mol. The Morgan fingerprint density at radius 1 is 1.29 bits per heavy atom. The van der Waals surface area contributed by atoms with Gasteiger partial charge in [-0.25, -0.2) is 4.79 Å². The number of aryl methyl sites for hydroxylation is 1. The minimum absolute atomic E-state index is 0.0856. The number of aromatic nitrogens is 3. The van der Waals surface area contributed by atoms with Gasteiger partial charge in [-0.3, -0.25) is 9.36 Å². The first-order valence-electron chi connectivity index (χ1n) is 10.6. The Morgan fingerprint density at radius 3 is 2.79 bits per heavy atom. The summed E-state index contributed by atoms with van der Waals surface area (Å²) in [7, 11) is 0. The molecule has 1 N–H and O–H groups in total. The fourth-order valence-corrected chi connectivity index (χ4v) is 4.87. The lowest BCUT2D eigenvalue weighted by atomic mass is 10.2. The van der Waals surface area contributed by atoms with Crippen molar-refractivity contribution >= 4 is 51.6 Å². The number of carbonyl (C=O) groups excluding carboxylic acids is 2. The predicted molar refractivity (Wildman–Crippen MR) is 135 cm³/mol. The zero-order chi connectivity index (χ0) is 24.5. The highest BCUT2D eigenvalue weighted by molar-refractivity contribution is 7.99. The largest absolute Gasteiger partial charge is 0.484 e. The van der Waals surface area contributed by atoms with E-state index in [0.717, 1.165) is 11.3 Å². The van der Waals surface area contributed by atoms with E-state index >= 15 is 0 Å². The number of para-hydroxylation sites is 1. The fourth-order valence-electron chi connectivity index (χ4n) is 2.91. The van der Waals surface area contributed by atoms with Crippen LogP contribution in [-0.2, 0) is 29.1 Å². The minimum atomic E-state index is -0.449. The summed E-state index contributed by atoms with van der Waals surface area (Å²) in [5.74, 6) is 0.503. The number of allylic oxidation sites excluding steroid dienone is 1. The third-order valence-corrected chi connectivity index (χ3v) is 6.98. The highest BCUT2D eigenvalue weighted by atomic mass is 35.5. The quantitative estimate of drug-likeness (QED) is 0.198. The zero-order valence-corrected chi connectivity index (χ0v) is 21.3. The van der Waals surface area contributed by atoms with Gasteiger partial charge in [0.15, 0.2) is 11.0 Å². The summed E-state index contributed by atoms with van der Waals surface area (Å²) in [6.07, 6.45) is 2.47. The molecule has 11 heteroatoms. The number of nitrogens with zero attached hydrogens (tertiary/aromatic N) is 3. The molecule has 2 heterocycles. The van der Waals surface area contributed by atoms with Crippen LogP contribution >= 0.6 is 34.7 Å². The van der Waals surface area contributed by atoms with E-state index in [1.54, 1.807) is 31.2 Å². The van der Waals surface area contributed by atoms with Gasteiger partial charge in [0.25, 0.3) is 0 Å². The van der Waals surface area contributed by atoms with E-state index in [1.807, 2.05) is 23.6 Å². The Labute approximate surface area is 211 Å². The van der Waals surface area contributed by atoms with Gasteiger partial charge in [0, 0.05) is 11.4 Å². The number of halogens is 1. The second kappa shape index (κ2) is 12.6. The Kier molecular flexibility index (Phi) is 9.55. The molecule has 180 valence electrons. The second-order valence-corrected chi connectivity index (χ2v) is 9.37. The number of thiophene rings is 1. The molecule has 1 amide bonds. The van der Waals surface area contributed by atoms with E-state index < -0.39 is 5.97 Å². The standard InChI is InChI=1S/C23H25ClN4O4S2/c1-4-11-28-19(13-32-18-10-8-7-9-17(18)24)26-27-23(28)33-14-20(29)25-21-16(22(30)31-6-3)12-15(5-2)34-21/h4,7-10,12H,1,5-6,11,13-14H2,2-3H3,(H,25,29). The fraction of sp³-hybridized carbons (Fsp3) is 0.304. The molecule has 0 fully saturated rings. The molecule has 0 aliphatic rings. The lowest BCUT2D eigenvalue weighted by molar-refractivity contribution is -0.113. The van der Waals surface area contributed by atoms with E-state index in [1.165, 1.54) is 23.1 Å².